The quantitative estimate of drug-likeness (QED) is 0.697. The fourth-order valence-electron chi connectivity index (χ4n) is 0.661. The average molecular weight is 252 g/mol. The molecular formula is C10H12N4S2. The molecule has 0 aliphatic carbocycles. The van der Waals surface area contributed by atoms with Crippen LogP contribution < -0.4 is 11.5 Å². The number of hydrogen-bond donors (Lipinski definition) is 2. The standard InChI is InChI=1S/C10H12N4S2/c11-3-1-5-15-10(9(7-13)8-14)16-6-2-4-12/h1-4H,5-6,11-12H2. The van der Waals surface area contributed by atoms with Gasteiger partial charge in [0.15, 0.2) is 0 Å². The molecule has 6 heteroatoms. The molecule has 0 unspecified atom stereocenters. The highest BCUT2D eigenvalue weighted by Gasteiger charge is 2.06. The summed E-state index contributed by atoms with van der Waals surface area (Å²) in [6.07, 6.45) is 6.40. The molecule has 16 heavy (non-hydrogen) atoms. The van der Waals surface area contributed by atoms with Crippen molar-refractivity contribution in [3.05, 3.63) is 34.4 Å². The van der Waals surface area contributed by atoms with Crippen LogP contribution in [0.2, 0.25) is 0 Å². The lowest BCUT2D eigenvalue weighted by atomic mass is 10.4. The normalized spacial score (nSPS) is 10.1. The Bertz CT molecular complexity index is 337. The van der Waals surface area contributed by atoms with Gasteiger partial charge in [0.05, 0.1) is 4.24 Å². The molecule has 84 valence electrons. The first-order chi connectivity index (χ1) is 7.79. The third-order valence-electron chi connectivity index (χ3n) is 1.32. The van der Waals surface area contributed by atoms with E-state index in [-0.39, 0.29) is 5.57 Å². The van der Waals surface area contributed by atoms with E-state index in [0.717, 1.165) is 0 Å². The van der Waals surface area contributed by atoms with Crippen LogP contribution in [0.25, 0.3) is 0 Å². The molecule has 0 rings (SSSR count). The molecule has 0 aliphatic rings. The summed E-state index contributed by atoms with van der Waals surface area (Å²) in [6.45, 7) is 0. The number of thioether (sulfide) groups is 2. The van der Waals surface area contributed by atoms with Crippen molar-refractivity contribution in [3.63, 3.8) is 0 Å². The van der Waals surface area contributed by atoms with Gasteiger partial charge in [0, 0.05) is 11.5 Å². The molecule has 4 nitrogen and oxygen atoms in total. The monoisotopic (exact) mass is 252 g/mol. The summed E-state index contributed by atoms with van der Waals surface area (Å²) in [5.41, 5.74) is 10.5. The molecular weight excluding hydrogens is 240 g/mol. The summed E-state index contributed by atoms with van der Waals surface area (Å²) in [7, 11) is 0. The van der Waals surface area contributed by atoms with E-state index in [1.807, 2.05) is 12.1 Å². The molecule has 0 saturated heterocycles. The van der Waals surface area contributed by atoms with Crippen LogP contribution in [-0.4, -0.2) is 11.5 Å². The zero-order valence-corrected chi connectivity index (χ0v) is 10.2. The third-order valence-corrected chi connectivity index (χ3v) is 3.68. The van der Waals surface area contributed by atoms with Crippen LogP contribution >= 0.6 is 23.5 Å². The molecule has 0 aromatic rings. The maximum Gasteiger partial charge on any atom is 0.149 e. The summed E-state index contributed by atoms with van der Waals surface area (Å²) in [5, 5.41) is 17.5. The van der Waals surface area contributed by atoms with Gasteiger partial charge in [-0.2, -0.15) is 10.5 Å². The second kappa shape index (κ2) is 10.0. The SMILES string of the molecule is N#CC(C#N)=C(SCC=CN)SCC=CN. The highest BCUT2D eigenvalue weighted by molar-refractivity contribution is 8.22. The smallest absolute Gasteiger partial charge is 0.149 e. The van der Waals surface area contributed by atoms with Crippen molar-refractivity contribution >= 4 is 23.5 Å². The van der Waals surface area contributed by atoms with Crippen LogP contribution in [0.5, 0.6) is 0 Å². The van der Waals surface area contributed by atoms with Gasteiger partial charge in [0.1, 0.15) is 17.7 Å². The second-order valence-electron chi connectivity index (χ2n) is 2.36. The van der Waals surface area contributed by atoms with Gasteiger partial charge in [-0.25, -0.2) is 0 Å². The minimum atomic E-state index is 0.130. The molecule has 0 atom stereocenters. The number of allylic oxidation sites excluding steroid dienone is 1. The zero-order chi connectivity index (χ0) is 12.2. The lowest BCUT2D eigenvalue weighted by Gasteiger charge is -2.02. The minimum Gasteiger partial charge on any atom is -0.405 e. The Morgan fingerprint density at radius 3 is 1.75 bits per heavy atom. The lowest BCUT2D eigenvalue weighted by Crippen LogP contribution is -1.85. The van der Waals surface area contributed by atoms with Crippen LogP contribution in [0.4, 0.5) is 0 Å². The topological polar surface area (TPSA) is 99.6 Å². The number of nitrogens with zero attached hydrogens (tertiary/aromatic N) is 2. The van der Waals surface area contributed by atoms with Crippen LogP contribution in [0.1, 0.15) is 0 Å². The van der Waals surface area contributed by atoms with E-state index >= 15 is 0 Å². The van der Waals surface area contributed by atoms with E-state index in [2.05, 4.69) is 0 Å². The predicted octanol–water partition coefficient (Wildman–Crippen LogP) is 1.66. The molecule has 0 aliphatic heterocycles. The molecule has 0 spiro atoms. The number of hydrogen-bond acceptors (Lipinski definition) is 6. The van der Waals surface area contributed by atoms with E-state index in [1.165, 1.54) is 35.9 Å². The van der Waals surface area contributed by atoms with Gasteiger partial charge in [-0.15, -0.1) is 23.5 Å². The van der Waals surface area contributed by atoms with E-state index in [9.17, 15) is 0 Å². The molecule has 4 N–H and O–H groups in total. The van der Waals surface area contributed by atoms with Crippen LogP contribution in [-0.2, 0) is 0 Å². The second-order valence-corrected chi connectivity index (χ2v) is 4.68. The van der Waals surface area contributed by atoms with Crippen molar-refractivity contribution < 1.29 is 0 Å². The Kier molecular flexibility index (Phi) is 9.09. The van der Waals surface area contributed by atoms with E-state index in [0.29, 0.717) is 15.7 Å². The Labute approximate surface area is 104 Å². The Morgan fingerprint density at radius 1 is 1.00 bits per heavy atom. The lowest BCUT2D eigenvalue weighted by molar-refractivity contribution is 1.46. The Balaban J connectivity index is 4.58. The van der Waals surface area contributed by atoms with E-state index in [1.54, 1.807) is 12.2 Å². The van der Waals surface area contributed by atoms with Gasteiger partial charge >= 0.3 is 0 Å². The summed E-state index contributed by atoms with van der Waals surface area (Å²) in [4.78, 5) is 0. The minimum absolute atomic E-state index is 0.130. The fraction of sp³-hybridized carbons (Fsp3) is 0.200. The van der Waals surface area contributed by atoms with Crippen LogP contribution in [0.15, 0.2) is 34.4 Å². The number of nitrogens with two attached hydrogens (primary N) is 2. The molecule has 0 fully saturated rings. The molecule has 0 heterocycles. The molecule has 0 aromatic heterocycles. The van der Waals surface area contributed by atoms with Gasteiger partial charge < -0.3 is 11.5 Å². The van der Waals surface area contributed by atoms with Gasteiger partial charge in [-0.3, -0.25) is 0 Å². The number of nitriles is 2. The highest BCUT2D eigenvalue weighted by Crippen LogP contribution is 2.31. The van der Waals surface area contributed by atoms with E-state index < -0.39 is 0 Å². The summed E-state index contributed by atoms with van der Waals surface area (Å²) >= 11 is 2.82. The first kappa shape index (κ1) is 14.5. The summed E-state index contributed by atoms with van der Waals surface area (Å²) in [5.74, 6) is 1.27. The third kappa shape index (κ3) is 6.07. The van der Waals surface area contributed by atoms with Crippen molar-refractivity contribution in [1.29, 1.82) is 10.5 Å². The van der Waals surface area contributed by atoms with Gasteiger partial charge in [0.25, 0.3) is 0 Å². The molecule has 0 radical (unpaired) electrons. The largest absolute Gasteiger partial charge is 0.405 e. The average Bonchev–Trinajstić information content (AvgIpc) is 2.30. The molecule has 0 aromatic carbocycles. The first-order valence-corrected chi connectivity index (χ1v) is 6.30. The van der Waals surface area contributed by atoms with Crippen molar-refractivity contribution in [2.45, 2.75) is 0 Å². The Morgan fingerprint density at radius 2 is 1.44 bits per heavy atom. The van der Waals surface area contributed by atoms with Crippen LogP contribution in [0, 0.1) is 22.7 Å². The van der Waals surface area contributed by atoms with Crippen molar-refractivity contribution in [2.24, 2.45) is 11.5 Å². The van der Waals surface area contributed by atoms with Crippen molar-refractivity contribution in [1.82, 2.24) is 0 Å². The van der Waals surface area contributed by atoms with E-state index in [4.69, 9.17) is 22.0 Å². The molecule has 0 amide bonds. The molecule has 0 saturated carbocycles. The maximum atomic E-state index is 8.77. The van der Waals surface area contributed by atoms with Crippen molar-refractivity contribution in [2.75, 3.05) is 11.5 Å². The maximum absolute atomic E-state index is 8.77. The first-order valence-electron chi connectivity index (χ1n) is 4.33. The predicted molar refractivity (Wildman–Crippen MR) is 69.8 cm³/mol. The van der Waals surface area contributed by atoms with Gasteiger partial charge in [-0.1, -0.05) is 12.2 Å². The Hall–Kier alpha value is -1.50. The van der Waals surface area contributed by atoms with Gasteiger partial charge in [0.2, 0.25) is 0 Å². The molecule has 0 bridgehead atoms. The zero-order valence-electron chi connectivity index (χ0n) is 8.59. The summed E-state index contributed by atoms with van der Waals surface area (Å²) < 4.78 is 0.696. The van der Waals surface area contributed by atoms with Crippen LogP contribution in [0.3, 0.4) is 0 Å². The highest BCUT2D eigenvalue weighted by atomic mass is 32.2. The number of rotatable bonds is 6. The van der Waals surface area contributed by atoms with Gasteiger partial charge in [-0.05, 0) is 12.4 Å². The fourth-order valence-corrected chi connectivity index (χ4v) is 2.59. The summed E-state index contributed by atoms with van der Waals surface area (Å²) in [6, 6.07) is 3.74. The van der Waals surface area contributed by atoms with Crippen molar-refractivity contribution in [3.8, 4) is 12.1 Å².